The summed E-state index contributed by atoms with van der Waals surface area (Å²) in [6.07, 6.45) is 16.2. The van der Waals surface area contributed by atoms with Gasteiger partial charge in [-0.1, -0.05) is 45.4 Å². The Hall–Kier alpha value is -0.490. The summed E-state index contributed by atoms with van der Waals surface area (Å²) >= 11 is 0. The van der Waals surface area contributed by atoms with Crippen LogP contribution in [0.25, 0.3) is 0 Å². The van der Waals surface area contributed by atoms with E-state index in [0.717, 1.165) is 25.7 Å². The van der Waals surface area contributed by atoms with E-state index in [4.69, 9.17) is 13.8 Å². The van der Waals surface area contributed by atoms with Crippen molar-refractivity contribution in [3.8, 4) is 0 Å². The zero-order valence-corrected chi connectivity index (χ0v) is 21.8. The van der Waals surface area contributed by atoms with E-state index in [9.17, 15) is 14.6 Å². The number of aliphatic hydroxyl groups is 1. The number of hydrogen-bond acceptors (Lipinski definition) is 6. The minimum atomic E-state index is -4.39. The van der Waals surface area contributed by atoms with Crippen molar-refractivity contribution in [3.63, 3.8) is 0 Å². The van der Waals surface area contributed by atoms with Gasteiger partial charge >= 0.3 is 0 Å². The third-order valence-electron chi connectivity index (χ3n) is 4.82. The minimum Gasteiger partial charge on any atom is -0.756 e. The highest BCUT2D eigenvalue weighted by Crippen LogP contribution is 2.38. The number of phosphoric acid groups is 1. The number of phosphoric ester groups is 1. The molecule has 0 rings (SSSR count). The number of nitrogens with zero attached hydrogens (tertiary/aromatic N) is 1. The van der Waals surface area contributed by atoms with E-state index in [1.165, 1.54) is 44.9 Å². The first kappa shape index (κ1) is 31.5. The lowest BCUT2D eigenvalue weighted by Crippen LogP contribution is -2.37. The van der Waals surface area contributed by atoms with Crippen LogP contribution in [0.2, 0.25) is 0 Å². The minimum absolute atomic E-state index is 0.0454. The molecule has 0 aliphatic heterocycles. The van der Waals surface area contributed by atoms with Crippen molar-refractivity contribution in [1.82, 2.24) is 0 Å². The molecule has 0 saturated heterocycles. The van der Waals surface area contributed by atoms with E-state index in [1.54, 1.807) is 0 Å². The third-order valence-corrected chi connectivity index (χ3v) is 5.79. The zero-order chi connectivity index (χ0) is 24.1. The lowest BCUT2D eigenvalue weighted by atomic mass is 10.1. The van der Waals surface area contributed by atoms with Crippen molar-refractivity contribution in [2.75, 3.05) is 54.1 Å². The van der Waals surface area contributed by atoms with E-state index in [2.05, 4.69) is 24.8 Å². The van der Waals surface area contributed by atoms with Crippen molar-refractivity contribution < 1.29 is 32.8 Å². The van der Waals surface area contributed by atoms with Gasteiger partial charge in [-0.3, -0.25) is 4.57 Å². The predicted octanol–water partition coefficient (Wildman–Crippen LogP) is 4.59. The van der Waals surface area contributed by atoms with E-state index < -0.39 is 13.9 Å². The largest absolute Gasteiger partial charge is 0.756 e. The quantitative estimate of drug-likeness (QED) is 0.106. The van der Waals surface area contributed by atoms with Crippen LogP contribution in [-0.4, -0.2) is 69.8 Å². The maximum Gasteiger partial charge on any atom is 0.268 e. The summed E-state index contributed by atoms with van der Waals surface area (Å²) < 4.78 is 27.2. The Morgan fingerprint density at radius 1 is 0.906 bits per heavy atom. The van der Waals surface area contributed by atoms with Crippen molar-refractivity contribution in [3.05, 3.63) is 17.9 Å². The monoisotopic (exact) mass is 477 g/mol. The summed E-state index contributed by atoms with van der Waals surface area (Å²) in [6, 6.07) is 0. The van der Waals surface area contributed by atoms with Gasteiger partial charge in [0.15, 0.2) is 0 Å². The van der Waals surface area contributed by atoms with Crippen LogP contribution < -0.4 is 4.89 Å². The number of hydrogen-bond donors (Lipinski definition) is 1. The molecule has 32 heavy (non-hydrogen) atoms. The van der Waals surface area contributed by atoms with E-state index in [1.807, 2.05) is 21.1 Å². The highest BCUT2D eigenvalue weighted by atomic mass is 31.2. The van der Waals surface area contributed by atoms with Crippen molar-refractivity contribution in [2.45, 2.75) is 83.7 Å². The van der Waals surface area contributed by atoms with Crippen LogP contribution in [0, 0.1) is 0 Å². The smallest absolute Gasteiger partial charge is 0.268 e. The van der Waals surface area contributed by atoms with E-state index >= 15 is 0 Å². The molecule has 0 aliphatic carbocycles. The van der Waals surface area contributed by atoms with Gasteiger partial charge in [-0.2, -0.15) is 0 Å². The van der Waals surface area contributed by atoms with Gasteiger partial charge in [0.2, 0.25) is 0 Å². The molecular formula is C24H48NO6P. The Morgan fingerprint density at radius 2 is 1.50 bits per heavy atom. The molecule has 0 bridgehead atoms. The second-order valence-electron chi connectivity index (χ2n) is 9.30. The van der Waals surface area contributed by atoms with Gasteiger partial charge in [0.05, 0.1) is 34.4 Å². The fourth-order valence-electron chi connectivity index (χ4n) is 2.81. The number of ether oxygens (including phenoxy) is 1. The Balaban J connectivity index is 3.51. The van der Waals surface area contributed by atoms with Crippen molar-refractivity contribution >= 4 is 7.82 Å². The van der Waals surface area contributed by atoms with Gasteiger partial charge in [-0.05, 0) is 44.3 Å². The highest BCUT2D eigenvalue weighted by molar-refractivity contribution is 7.45. The van der Waals surface area contributed by atoms with Crippen LogP contribution >= 0.6 is 7.82 Å². The lowest BCUT2D eigenvalue weighted by molar-refractivity contribution is -0.870. The molecule has 8 heteroatoms. The molecule has 0 aromatic carbocycles. The molecule has 0 amide bonds. The van der Waals surface area contributed by atoms with E-state index in [0.29, 0.717) is 17.6 Å². The summed E-state index contributed by atoms with van der Waals surface area (Å²) in [5.74, 6) is 0. The lowest BCUT2D eigenvalue weighted by Gasteiger charge is -2.27. The van der Waals surface area contributed by atoms with Crippen molar-refractivity contribution in [2.24, 2.45) is 0 Å². The number of quaternary nitrogens is 1. The normalized spacial score (nSPS) is 14.6. The average Bonchev–Trinajstić information content (AvgIpc) is 2.71. The van der Waals surface area contributed by atoms with Gasteiger partial charge in [-0.15, -0.1) is 5.73 Å². The van der Waals surface area contributed by atoms with Crippen LogP contribution in [0.1, 0.15) is 77.6 Å². The van der Waals surface area contributed by atoms with Crippen LogP contribution in [0.5, 0.6) is 0 Å². The third kappa shape index (κ3) is 24.2. The molecule has 190 valence electrons. The van der Waals surface area contributed by atoms with Gasteiger partial charge in [-0.25, -0.2) is 0 Å². The summed E-state index contributed by atoms with van der Waals surface area (Å²) in [4.78, 5) is 11.7. The Labute approximate surface area is 196 Å². The Kier molecular flexibility index (Phi) is 19.6. The molecule has 0 aromatic rings. The van der Waals surface area contributed by atoms with Crippen LogP contribution in [-0.2, 0) is 18.3 Å². The van der Waals surface area contributed by atoms with E-state index in [-0.39, 0.29) is 19.8 Å². The van der Waals surface area contributed by atoms with Crippen LogP contribution in [0.15, 0.2) is 17.9 Å². The first-order valence-corrected chi connectivity index (χ1v) is 13.7. The molecule has 1 N–H and O–H groups in total. The Bertz CT molecular complexity index is 543. The average molecular weight is 478 g/mol. The molecule has 0 heterocycles. The molecule has 0 aliphatic rings. The number of allylic oxidation sites excluding steroid dienone is 1. The predicted molar refractivity (Wildman–Crippen MR) is 128 cm³/mol. The molecule has 0 radical (unpaired) electrons. The summed E-state index contributed by atoms with van der Waals surface area (Å²) in [6.45, 7) is 3.05. The van der Waals surface area contributed by atoms with Crippen LogP contribution in [0.4, 0.5) is 0 Å². The summed E-state index contributed by atoms with van der Waals surface area (Å²) in [5, 5.41) is 9.80. The fraction of sp³-hybridized carbons (Fsp3) is 0.875. The van der Waals surface area contributed by atoms with Crippen LogP contribution in [0.3, 0.4) is 0 Å². The number of rotatable bonds is 22. The second kappa shape index (κ2) is 19.9. The number of unbranched alkanes of at least 4 members (excludes halogenated alkanes) is 9. The number of likely N-dealkylation sites (N-methyl/N-ethyl adjacent to an activating group) is 1. The first-order chi connectivity index (χ1) is 15.2. The molecule has 2 unspecified atom stereocenters. The fourth-order valence-corrected chi connectivity index (χ4v) is 3.55. The second-order valence-corrected chi connectivity index (χ2v) is 10.7. The standard InChI is InChI=1S/C24H48NO6P/c1-5-6-7-8-9-10-11-12-13-14-15-16-17-18-20-29-22-24(26)23-31-32(27,28)30-21-19-25(2,3)4/h9,11,24,26H,5-8,12-23H2,1-4H3. The molecule has 7 nitrogen and oxygen atoms in total. The summed E-state index contributed by atoms with van der Waals surface area (Å²) in [5.41, 5.74) is 3.27. The molecule has 0 spiro atoms. The SMILES string of the molecule is CCCCCC=C=CCCCCCCCCOCC(O)COP(=O)([O-])OCC[N+](C)(C)C. The Morgan fingerprint density at radius 3 is 2.12 bits per heavy atom. The molecule has 0 saturated carbocycles. The van der Waals surface area contributed by atoms with Gasteiger partial charge < -0.3 is 28.3 Å². The summed E-state index contributed by atoms with van der Waals surface area (Å²) in [7, 11) is 1.42. The van der Waals surface area contributed by atoms with Gasteiger partial charge in [0.25, 0.3) is 7.82 Å². The maximum absolute atomic E-state index is 11.7. The van der Waals surface area contributed by atoms with Gasteiger partial charge in [0.1, 0.15) is 19.3 Å². The highest BCUT2D eigenvalue weighted by Gasteiger charge is 2.15. The molecular weight excluding hydrogens is 429 g/mol. The first-order valence-electron chi connectivity index (χ1n) is 12.2. The molecule has 0 aromatic heterocycles. The molecule has 2 atom stereocenters. The van der Waals surface area contributed by atoms with Crippen molar-refractivity contribution in [1.29, 1.82) is 0 Å². The maximum atomic E-state index is 11.7. The molecule has 0 fully saturated rings. The zero-order valence-electron chi connectivity index (χ0n) is 20.9. The van der Waals surface area contributed by atoms with Gasteiger partial charge in [0, 0.05) is 6.61 Å². The topological polar surface area (TPSA) is 88.0 Å². The number of aliphatic hydroxyl groups excluding tert-OH is 1.